The van der Waals surface area contributed by atoms with E-state index in [0.717, 1.165) is 11.3 Å². The van der Waals surface area contributed by atoms with E-state index in [9.17, 15) is 19.5 Å². The average Bonchev–Trinajstić information content (AvgIpc) is 3.37. The molecule has 1 aliphatic rings. The second-order valence-corrected chi connectivity index (χ2v) is 9.61. The number of carboxylic acid groups (broad SMARTS) is 1. The molecule has 5 N–H and O–H groups in total. The number of aliphatic hydroxyl groups is 1. The number of carbonyl (C=O) groups excluding carboxylic acids is 2. The predicted octanol–water partition coefficient (Wildman–Crippen LogP) is 1.92. The van der Waals surface area contributed by atoms with Gasteiger partial charge < -0.3 is 35.5 Å². The quantitative estimate of drug-likeness (QED) is 0.344. The molecular weight excluding hydrogens is 509 g/mol. The molecule has 3 heterocycles. The molecule has 1 fully saturated rings. The van der Waals surface area contributed by atoms with Crippen LogP contribution in [0.15, 0.2) is 0 Å². The summed E-state index contributed by atoms with van der Waals surface area (Å²) < 4.78 is 5.58. The lowest BCUT2D eigenvalue weighted by Gasteiger charge is -2.37. The molecule has 186 valence electrons. The molecule has 0 aromatic carbocycles. The number of amides is 2. The lowest BCUT2D eigenvalue weighted by molar-refractivity contribution is 0.0540. The zero-order valence-corrected chi connectivity index (χ0v) is 21.0. The summed E-state index contributed by atoms with van der Waals surface area (Å²) in [5.74, 6) is -2.36. The average molecular weight is 534 g/mol. The zero-order chi connectivity index (χ0) is 25.2. The molecule has 0 aliphatic carbocycles. The molecule has 11 nitrogen and oxygen atoms in total. The van der Waals surface area contributed by atoms with Gasteiger partial charge in [-0.15, -0.1) is 0 Å². The van der Waals surface area contributed by atoms with E-state index in [-0.39, 0.29) is 39.0 Å². The Hall–Kier alpha value is -2.38. The first-order valence-electron chi connectivity index (χ1n) is 10.3. The molecule has 0 radical (unpaired) electrons. The number of aromatic nitrogens is 2. The SMILES string of the molecule is CO[C@H]1CN(c2nc(C(=O)N[C@H](C)CO)c(C(=O)O)s2)CC[C@H]1NC(=O)c1[nH]c(C)c(Cl)c1Cl. The van der Waals surface area contributed by atoms with E-state index in [1.807, 2.05) is 4.90 Å². The van der Waals surface area contributed by atoms with E-state index in [4.69, 9.17) is 33.0 Å². The van der Waals surface area contributed by atoms with Crippen LogP contribution in [0.25, 0.3) is 0 Å². The van der Waals surface area contributed by atoms with Gasteiger partial charge in [-0.3, -0.25) is 9.59 Å². The monoisotopic (exact) mass is 533 g/mol. The molecule has 0 spiro atoms. The first-order chi connectivity index (χ1) is 16.1. The molecule has 0 bridgehead atoms. The number of H-pyrrole nitrogens is 1. The minimum atomic E-state index is -1.27. The van der Waals surface area contributed by atoms with Crippen molar-refractivity contribution >= 4 is 57.5 Å². The third kappa shape index (κ3) is 5.47. The molecule has 3 rings (SSSR count). The highest BCUT2D eigenvalue weighted by atomic mass is 35.5. The number of methoxy groups -OCH3 is 1. The minimum Gasteiger partial charge on any atom is -0.477 e. The van der Waals surface area contributed by atoms with Gasteiger partial charge in [0.25, 0.3) is 11.8 Å². The highest BCUT2D eigenvalue weighted by Crippen LogP contribution is 2.31. The maximum absolute atomic E-state index is 12.7. The Morgan fingerprint density at radius 3 is 2.59 bits per heavy atom. The molecule has 3 atom stereocenters. The number of aromatic carboxylic acids is 1. The van der Waals surface area contributed by atoms with Gasteiger partial charge in [-0.25, -0.2) is 9.78 Å². The lowest BCUT2D eigenvalue weighted by Crippen LogP contribution is -2.55. The van der Waals surface area contributed by atoms with Gasteiger partial charge in [-0.05, 0) is 20.3 Å². The number of hydrogen-bond acceptors (Lipinski definition) is 8. The lowest BCUT2D eigenvalue weighted by atomic mass is 10.0. The summed E-state index contributed by atoms with van der Waals surface area (Å²) in [6, 6.07) is -0.900. The topological polar surface area (TPSA) is 157 Å². The molecule has 2 amide bonds. The fraction of sp³-hybridized carbons (Fsp3) is 0.500. The maximum Gasteiger partial charge on any atom is 0.348 e. The summed E-state index contributed by atoms with van der Waals surface area (Å²) in [7, 11) is 1.51. The highest BCUT2D eigenvalue weighted by molar-refractivity contribution is 7.17. The molecule has 1 aliphatic heterocycles. The number of piperidine rings is 1. The second kappa shape index (κ2) is 10.9. The van der Waals surface area contributed by atoms with E-state index in [1.165, 1.54) is 7.11 Å². The van der Waals surface area contributed by atoms with Crippen LogP contribution in [-0.2, 0) is 4.74 Å². The number of thiazole rings is 1. The summed E-state index contributed by atoms with van der Waals surface area (Å²) in [6.45, 7) is 3.74. The third-order valence-electron chi connectivity index (χ3n) is 5.41. The molecule has 2 aromatic rings. The van der Waals surface area contributed by atoms with Crippen LogP contribution in [0.2, 0.25) is 10.0 Å². The van der Waals surface area contributed by atoms with Crippen molar-refractivity contribution < 1.29 is 29.3 Å². The van der Waals surface area contributed by atoms with E-state index in [1.54, 1.807) is 13.8 Å². The number of nitrogens with zero attached hydrogens (tertiary/aromatic N) is 2. The van der Waals surface area contributed by atoms with Gasteiger partial charge in [0.05, 0.1) is 28.8 Å². The van der Waals surface area contributed by atoms with Crippen LogP contribution in [-0.4, -0.2) is 83.0 Å². The number of carbonyl (C=O) groups is 3. The Labute approximate surface area is 209 Å². The standard InChI is InChI=1S/C20H25Cl2N5O6S/c1-8(7-28)23-18(30)15-16(19(31)32)34-20(26-15)27-5-4-10(11(6-27)33-3)25-17(29)14-13(22)12(21)9(2)24-14/h8,10-11,24,28H,4-7H2,1-3H3,(H,23,30)(H,25,29)(H,31,32)/t8-,10-,11+/m1/s1. The summed E-state index contributed by atoms with van der Waals surface area (Å²) >= 11 is 13.1. The Morgan fingerprint density at radius 2 is 2.03 bits per heavy atom. The van der Waals surface area contributed by atoms with Crippen molar-refractivity contribution in [3.05, 3.63) is 32.0 Å². The van der Waals surface area contributed by atoms with Gasteiger partial charge in [0.2, 0.25) is 0 Å². The van der Waals surface area contributed by atoms with Crippen LogP contribution in [0.1, 0.15) is 49.7 Å². The van der Waals surface area contributed by atoms with Gasteiger partial charge in [-0.1, -0.05) is 34.5 Å². The van der Waals surface area contributed by atoms with E-state index in [0.29, 0.717) is 30.3 Å². The van der Waals surface area contributed by atoms with E-state index >= 15 is 0 Å². The Balaban J connectivity index is 1.75. The number of aromatic amines is 1. The predicted molar refractivity (Wildman–Crippen MR) is 128 cm³/mol. The van der Waals surface area contributed by atoms with Crippen LogP contribution in [0.3, 0.4) is 0 Å². The Kier molecular flexibility index (Phi) is 8.42. The molecule has 0 saturated carbocycles. The number of halogens is 2. The summed E-state index contributed by atoms with van der Waals surface area (Å²) in [5, 5.41) is 24.9. The molecule has 1 saturated heterocycles. The van der Waals surface area contributed by atoms with Crippen LogP contribution in [0, 0.1) is 6.92 Å². The van der Waals surface area contributed by atoms with Crippen molar-refractivity contribution in [3.8, 4) is 0 Å². The summed E-state index contributed by atoms with van der Waals surface area (Å²) in [4.78, 5) is 45.6. The fourth-order valence-corrected chi connectivity index (χ4v) is 4.90. The highest BCUT2D eigenvalue weighted by Gasteiger charge is 2.34. The van der Waals surface area contributed by atoms with Gasteiger partial charge >= 0.3 is 5.97 Å². The van der Waals surface area contributed by atoms with Crippen molar-refractivity contribution in [3.63, 3.8) is 0 Å². The van der Waals surface area contributed by atoms with Gasteiger partial charge in [0, 0.05) is 31.9 Å². The first kappa shape index (κ1) is 26.2. The van der Waals surface area contributed by atoms with Crippen molar-refractivity contribution in [2.75, 3.05) is 31.7 Å². The van der Waals surface area contributed by atoms with Crippen molar-refractivity contribution in [1.82, 2.24) is 20.6 Å². The van der Waals surface area contributed by atoms with Gasteiger partial charge in [-0.2, -0.15) is 0 Å². The fourth-order valence-electron chi connectivity index (χ4n) is 3.54. The molecule has 2 aromatic heterocycles. The third-order valence-corrected chi connectivity index (χ3v) is 7.46. The molecule has 0 unspecified atom stereocenters. The number of nitrogens with one attached hydrogen (secondary N) is 3. The van der Waals surface area contributed by atoms with Crippen LogP contribution in [0.5, 0.6) is 0 Å². The Morgan fingerprint density at radius 1 is 1.32 bits per heavy atom. The van der Waals surface area contributed by atoms with E-state index < -0.39 is 29.9 Å². The number of aliphatic hydroxyl groups excluding tert-OH is 1. The zero-order valence-electron chi connectivity index (χ0n) is 18.6. The van der Waals surface area contributed by atoms with Crippen molar-refractivity contribution in [2.45, 2.75) is 38.5 Å². The number of rotatable bonds is 8. The van der Waals surface area contributed by atoms with E-state index in [2.05, 4.69) is 20.6 Å². The van der Waals surface area contributed by atoms with Gasteiger partial charge in [0.15, 0.2) is 10.8 Å². The summed E-state index contributed by atoms with van der Waals surface area (Å²) in [5.41, 5.74) is 0.534. The van der Waals surface area contributed by atoms with Crippen LogP contribution < -0.4 is 15.5 Å². The number of hydrogen-bond donors (Lipinski definition) is 5. The first-order valence-corrected chi connectivity index (χ1v) is 11.9. The number of ether oxygens (including phenoxy) is 1. The number of anilines is 1. The molecular formula is C20H25Cl2N5O6S. The number of aryl methyl sites for hydroxylation is 1. The van der Waals surface area contributed by atoms with Gasteiger partial charge in [0.1, 0.15) is 10.6 Å². The second-order valence-electron chi connectivity index (χ2n) is 7.88. The van der Waals surface area contributed by atoms with Crippen molar-refractivity contribution in [2.24, 2.45) is 0 Å². The largest absolute Gasteiger partial charge is 0.477 e. The van der Waals surface area contributed by atoms with Crippen LogP contribution >= 0.6 is 34.5 Å². The molecule has 34 heavy (non-hydrogen) atoms. The number of carboxylic acids is 1. The smallest absolute Gasteiger partial charge is 0.348 e. The van der Waals surface area contributed by atoms with Crippen molar-refractivity contribution in [1.29, 1.82) is 0 Å². The summed E-state index contributed by atoms with van der Waals surface area (Å²) in [6.07, 6.45) is 0.0345. The Bertz CT molecular complexity index is 1090. The normalized spacial score (nSPS) is 19.1. The maximum atomic E-state index is 12.7. The minimum absolute atomic E-state index is 0.147. The van der Waals surface area contributed by atoms with Crippen LogP contribution in [0.4, 0.5) is 5.13 Å². The molecule has 14 heteroatoms.